The molecule has 0 bridgehead atoms. The summed E-state index contributed by atoms with van der Waals surface area (Å²) in [6.45, 7) is 18.8. The van der Waals surface area contributed by atoms with Gasteiger partial charge in [0.15, 0.2) is 0 Å². The first-order chi connectivity index (χ1) is 31.5. The molecule has 8 rings (SSSR count). The summed E-state index contributed by atoms with van der Waals surface area (Å²) in [4.78, 5) is 9.92. The Morgan fingerprint density at radius 1 is 0.733 bits per heavy atom. The van der Waals surface area contributed by atoms with Gasteiger partial charge in [0.25, 0.3) is 0 Å². The molecule has 0 saturated carbocycles. The molecule has 0 fully saturated rings. The molecule has 306 valence electrons. The molecule has 0 aliphatic heterocycles. The van der Waals surface area contributed by atoms with Gasteiger partial charge in [-0.05, 0) is 88.2 Å². The van der Waals surface area contributed by atoms with Crippen LogP contribution in [-0.4, -0.2) is 19.6 Å². The van der Waals surface area contributed by atoms with Crippen molar-refractivity contribution in [1.29, 1.82) is 0 Å². The number of phenolic OH excluding ortho intramolecular Hbond substituents is 1. The molecule has 5 heteroatoms. The van der Waals surface area contributed by atoms with Crippen molar-refractivity contribution in [2.75, 3.05) is 0 Å². The van der Waals surface area contributed by atoms with Crippen LogP contribution in [0.25, 0.3) is 72.7 Å². The molecule has 0 spiro atoms. The number of aromatic nitrogens is 3. The van der Waals surface area contributed by atoms with E-state index in [4.69, 9.17) is 14.6 Å². The fourth-order valence-corrected chi connectivity index (χ4v) is 7.71. The Morgan fingerprint density at radius 3 is 2.17 bits per heavy atom. The monoisotopic (exact) mass is 975 g/mol. The molecule has 8 aromatic rings. The Labute approximate surface area is 381 Å². The van der Waals surface area contributed by atoms with E-state index in [0.29, 0.717) is 39.5 Å². The van der Waals surface area contributed by atoms with E-state index in [1.54, 1.807) is 0 Å². The van der Waals surface area contributed by atoms with Crippen molar-refractivity contribution in [3.05, 3.63) is 168 Å². The fourth-order valence-electron chi connectivity index (χ4n) is 7.71. The SMILES string of the molecule is [2H]c1nc(-c2[c-]c(-c3cccc4c3nc(-c3cc(C)cc(C(C)(C)C)c3O)n4-c3ccc(CC(C)C)cc3-c3ccccc3)cc(C(C)(C)C)c2)c([2H])c(-c2c([2H])c([2H])c([2H])c([2H])c2[2H])c1[2H].[Pt]. The van der Waals surface area contributed by atoms with Crippen LogP contribution in [0.1, 0.15) is 88.6 Å². The van der Waals surface area contributed by atoms with Gasteiger partial charge in [0.1, 0.15) is 11.6 Å². The number of aromatic hydroxyl groups is 1. The Morgan fingerprint density at radius 2 is 1.47 bits per heavy atom. The van der Waals surface area contributed by atoms with Crippen LogP contribution in [0.4, 0.5) is 0 Å². The van der Waals surface area contributed by atoms with E-state index in [1.807, 2.05) is 67.6 Å². The third-order valence-electron chi connectivity index (χ3n) is 10.6. The van der Waals surface area contributed by atoms with Crippen molar-refractivity contribution in [1.82, 2.24) is 14.5 Å². The Balaban J connectivity index is 0.00000684. The zero-order valence-electron chi connectivity index (χ0n) is 43.5. The molecule has 0 aliphatic rings. The summed E-state index contributed by atoms with van der Waals surface area (Å²) in [6, 6.07) is 30.3. The van der Waals surface area contributed by atoms with Gasteiger partial charge in [-0.1, -0.05) is 157 Å². The van der Waals surface area contributed by atoms with Crippen LogP contribution >= 0.6 is 0 Å². The third kappa shape index (κ3) is 8.54. The van der Waals surface area contributed by atoms with Crippen LogP contribution < -0.4 is 0 Å². The summed E-state index contributed by atoms with van der Waals surface area (Å²) in [6.07, 6.45) is 0.374. The van der Waals surface area contributed by atoms with Crippen LogP contribution in [0.5, 0.6) is 5.75 Å². The Bertz CT molecular complexity index is 3250. The average Bonchev–Trinajstić information content (AvgIpc) is 3.66. The smallest absolute Gasteiger partial charge is 0.148 e. The van der Waals surface area contributed by atoms with Gasteiger partial charge in [-0.2, -0.15) is 0 Å². The average molecular weight is 976 g/mol. The maximum Gasteiger partial charge on any atom is 0.148 e. The zero-order valence-corrected chi connectivity index (χ0v) is 37.8. The molecule has 0 saturated heterocycles. The van der Waals surface area contributed by atoms with Crippen LogP contribution in [0, 0.1) is 18.9 Å². The number of para-hydroxylation sites is 1. The first-order valence-corrected chi connectivity index (χ1v) is 20.2. The summed E-state index contributed by atoms with van der Waals surface area (Å²) in [5.74, 6) is 1.12. The largest absolute Gasteiger partial charge is 0.507 e. The molecule has 2 aromatic heterocycles. The number of imidazole rings is 1. The number of phenols is 1. The van der Waals surface area contributed by atoms with Gasteiger partial charge >= 0.3 is 0 Å². The van der Waals surface area contributed by atoms with Gasteiger partial charge in [0, 0.05) is 44.1 Å². The maximum absolute atomic E-state index is 12.3. The van der Waals surface area contributed by atoms with E-state index in [1.165, 1.54) is 5.56 Å². The number of hydrogen-bond acceptors (Lipinski definition) is 3. The van der Waals surface area contributed by atoms with E-state index < -0.39 is 47.8 Å². The van der Waals surface area contributed by atoms with E-state index in [2.05, 4.69) is 101 Å². The summed E-state index contributed by atoms with van der Waals surface area (Å²) in [5.41, 5.74) is 8.83. The second-order valence-corrected chi connectivity index (χ2v) is 17.9. The standard InChI is InChI=1S/C55H54N3O.Pt/c1-35(2)27-37-23-24-49(45(30-37)39-19-14-11-15-20-39)58-50-22-16-21-44(51(50)57-53(58)46-28-36(3)29-47(52(46)59)55(7,8)9)41-31-42(33-43(32-41)54(4,5)6)48-34-40(25-26-56-48)38-17-12-10-13-18-38;/h10-26,28-30,32-35,59H,27H2,1-9H3;/q-1;/i10D,12D,13D,17D,18D,25D,26D,34D;. The van der Waals surface area contributed by atoms with Gasteiger partial charge in [-0.15, -0.1) is 29.3 Å². The van der Waals surface area contributed by atoms with E-state index in [9.17, 15) is 6.48 Å². The molecule has 0 unspecified atom stereocenters. The minimum absolute atomic E-state index is 0. The second-order valence-electron chi connectivity index (χ2n) is 17.9. The van der Waals surface area contributed by atoms with Gasteiger partial charge in [-0.3, -0.25) is 9.55 Å². The molecule has 0 radical (unpaired) electrons. The van der Waals surface area contributed by atoms with Crippen molar-refractivity contribution in [2.45, 2.75) is 79.6 Å². The molecule has 0 atom stereocenters. The van der Waals surface area contributed by atoms with Crippen molar-refractivity contribution in [3.63, 3.8) is 0 Å². The molecule has 0 aliphatic carbocycles. The predicted octanol–water partition coefficient (Wildman–Crippen LogP) is 14.4. The molecule has 6 aromatic carbocycles. The van der Waals surface area contributed by atoms with Crippen LogP contribution in [0.3, 0.4) is 0 Å². The van der Waals surface area contributed by atoms with Gasteiger partial charge in [0.05, 0.1) is 33.3 Å². The Hall–Kier alpha value is -5.57. The van der Waals surface area contributed by atoms with Crippen molar-refractivity contribution >= 4 is 11.0 Å². The Kier molecular flexibility index (Phi) is 9.30. The molecular formula is C55H54N3OPt-. The van der Waals surface area contributed by atoms with Crippen molar-refractivity contribution < 1.29 is 37.1 Å². The predicted molar refractivity (Wildman–Crippen MR) is 247 cm³/mol. The number of benzene rings is 6. The van der Waals surface area contributed by atoms with Crippen molar-refractivity contribution in [3.8, 4) is 67.5 Å². The fraction of sp³-hybridized carbons (Fsp3) is 0.236. The molecule has 0 amide bonds. The molecule has 4 nitrogen and oxygen atoms in total. The quantitative estimate of drug-likeness (QED) is 0.154. The van der Waals surface area contributed by atoms with Crippen LogP contribution in [0.15, 0.2) is 139 Å². The summed E-state index contributed by atoms with van der Waals surface area (Å²) in [5, 5.41) is 12.3. The second kappa shape index (κ2) is 16.8. The van der Waals surface area contributed by atoms with E-state index in [0.717, 1.165) is 45.4 Å². The van der Waals surface area contributed by atoms with Gasteiger partial charge in [0.2, 0.25) is 0 Å². The molecule has 2 heterocycles. The topological polar surface area (TPSA) is 50.9 Å². The number of aryl methyl sites for hydroxylation is 1. The minimum Gasteiger partial charge on any atom is -0.507 e. The first-order valence-electron chi connectivity index (χ1n) is 24.2. The van der Waals surface area contributed by atoms with Crippen LogP contribution in [-0.2, 0) is 38.3 Å². The number of pyridine rings is 1. The number of nitrogens with zero attached hydrogens (tertiary/aromatic N) is 3. The molecule has 1 N–H and O–H groups in total. The summed E-state index contributed by atoms with van der Waals surface area (Å²) >= 11 is 0. The number of hydrogen-bond donors (Lipinski definition) is 1. The van der Waals surface area contributed by atoms with Gasteiger partial charge in [-0.25, -0.2) is 4.98 Å². The number of rotatable bonds is 8. The van der Waals surface area contributed by atoms with Crippen LogP contribution in [0.2, 0.25) is 0 Å². The summed E-state index contributed by atoms with van der Waals surface area (Å²) < 4.78 is 71.5. The number of fused-ring (bicyclic) bond motifs is 1. The van der Waals surface area contributed by atoms with Gasteiger partial charge < -0.3 is 5.11 Å². The maximum atomic E-state index is 12.3. The van der Waals surface area contributed by atoms with E-state index in [-0.39, 0.29) is 55.1 Å². The minimum atomic E-state index is -0.605. The van der Waals surface area contributed by atoms with Crippen molar-refractivity contribution in [2.24, 2.45) is 5.92 Å². The molecular weight excluding hydrogens is 914 g/mol. The van der Waals surface area contributed by atoms with E-state index >= 15 is 0 Å². The normalized spacial score (nSPS) is 13.8. The summed E-state index contributed by atoms with van der Waals surface area (Å²) in [7, 11) is 0. The third-order valence-corrected chi connectivity index (χ3v) is 10.6. The zero-order chi connectivity index (χ0) is 48.6. The molecule has 60 heavy (non-hydrogen) atoms. The first kappa shape index (κ1) is 33.2.